The predicted molar refractivity (Wildman–Crippen MR) is 131 cm³/mol. The molecule has 10 nitrogen and oxygen atoms in total. The molecule has 0 unspecified atom stereocenters. The SMILES string of the molecule is CC(C)NC(=O)O[S][Sb]1[CH2]CC[CH2]1.Cn1nc(CN2CCCC2)cc1C(=O)Nc1ccn[nH]1. The Balaban J connectivity index is 0.000000205. The van der Waals surface area contributed by atoms with Crippen molar-refractivity contribution in [1.82, 2.24) is 30.2 Å². The van der Waals surface area contributed by atoms with Crippen molar-refractivity contribution in [3.63, 3.8) is 0 Å². The number of aromatic amines is 1. The van der Waals surface area contributed by atoms with Gasteiger partial charge in [-0.3, -0.25) is 19.5 Å². The second-order valence-corrected chi connectivity index (χ2v) is 18.8. The maximum absolute atomic E-state index is 12.2. The first kappa shape index (κ1) is 25.9. The molecule has 0 spiro atoms. The van der Waals surface area contributed by atoms with Crippen molar-refractivity contribution < 1.29 is 13.8 Å². The van der Waals surface area contributed by atoms with Crippen LogP contribution >= 0.6 is 9.13 Å². The number of hydrogen-bond acceptors (Lipinski definition) is 7. The Bertz CT molecular complexity index is 879. The van der Waals surface area contributed by atoms with E-state index in [9.17, 15) is 9.59 Å². The summed E-state index contributed by atoms with van der Waals surface area (Å²) in [5.74, 6) is 0.397. The molecule has 3 N–H and O–H groups in total. The van der Waals surface area contributed by atoms with Crippen molar-refractivity contribution in [3.05, 3.63) is 29.7 Å². The van der Waals surface area contributed by atoms with Gasteiger partial charge in [0, 0.05) is 19.7 Å². The normalized spacial score (nSPS) is 16.5. The summed E-state index contributed by atoms with van der Waals surface area (Å²) in [7, 11) is 3.29. The van der Waals surface area contributed by atoms with Crippen LogP contribution in [0.3, 0.4) is 0 Å². The van der Waals surface area contributed by atoms with Gasteiger partial charge in [0.2, 0.25) is 0 Å². The van der Waals surface area contributed by atoms with Crippen molar-refractivity contribution in [2.75, 3.05) is 18.4 Å². The van der Waals surface area contributed by atoms with Gasteiger partial charge in [-0.05, 0) is 32.0 Å². The molecular weight excluding hydrogens is 552 g/mol. The molecule has 4 heterocycles. The number of nitrogens with one attached hydrogen (secondary N) is 3. The van der Waals surface area contributed by atoms with Crippen LogP contribution in [0.1, 0.15) is 55.7 Å². The molecule has 33 heavy (non-hydrogen) atoms. The van der Waals surface area contributed by atoms with Crippen LogP contribution in [-0.4, -0.2) is 74.8 Å². The first-order chi connectivity index (χ1) is 15.9. The van der Waals surface area contributed by atoms with E-state index >= 15 is 0 Å². The summed E-state index contributed by atoms with van der Waals surface area (Å²) in [5.41, 5.74) is 1.48. The number of rotatable bonds is 7. The minimum Gasteiger partial charge on any atom is -0.306 e. The monoisotopic (exact) mass is 585 g/mol. The smallest absolute Gasteiger partial charge is 0.275 e. The molecule has 0 radical (unpaired) electrons. The van der Waals surface area contributed by atoms with Gasteiger partial charge < -0.3 is 5.32 Å². The molecule has 2 aliphatic heterocycles. The number of carbonyl (C=O) groups excluding carboxylic acids is 2. The van der Waals surface area contributed by atoms with E-state index in [0.717, 1.165) is 25.3 Å². The van der Waals surface area contributed by atoms with Gasteiger partial charge in [0.25, 0.3) is 5.91 Å². The number of amides is 2. The van der Waals surface area contributed by atoms with Crippen molar-refractivity contribution >= 4 is 45.8 Å². The third kappa shape index (κ3) is 8.86. The Morgan fingerprint density at radius 2 is 1.97 bits per heavy atom. The third-order valence-corrected chi connectivity index (χ3v) is 15.2. The maximum atomic E-state index is 12.2. The third-order valence-electron chi connectivity index (χ3n) is 5.19. The number of H-pyrrole nitrogens is 1. The molecule has 2 aliphatic rings. The first-order valence-electron chi connectivity index (χ1n) is 11.4. The zero-order valence-corrected chi connectivity index (χ0v) is 22.9. The fraction of sp³-hybridized carbons (Fsp3) is 0.619. The van der Waals surface area contributed by atoms with Crippen molar-refractivity contribution in [3.8, 4) is 0 Å². The van der Waals surface area contributed by atoms with Crippen LogP contribution in [0.2, 0.25) is 8.73 Å². The minimum absolute atomic E-state index is 0.170. The van der Waals surface area contributed by atoms with Crippen LogP contribution in [0, 0.1) is 0 Å². The van der Waals surface area contributed by atoms with Crippen molar-refractivity contribution in [2.45, 2.75) is 60.9 Å². The van der Waals surface area contributed by atoms with Crippen LogP contribution < -0.4 is 10.6 Å². The zero-order chi connectivity index (χ0) is 23.6. The minimum atomic E-state index is -1.16. The molecule has 2 aromatic heterocycles. The summed E-state index contributed by atoms with van der Waals surface area (Å²) in [5, 5.41) is 16.4. The summed E-state index contributed by atoms with van der Waals surface area (Å²) < 4.78 is 9.43. The molecule has 2 saturated heterocycles. The van der Waals surface area contributed by atoms with Crippen LogP contribution in [0.4, 0.5) is 10.6 Å². The van der Waals surface area contributed by atoms with Gasteiger partial charge in [-0.2, -0.15) is 10.2 Å². The molecule has 0 bridgehead atoms. The second kappa shape index (κ2) is 13.2. The van der Waals surface area contributed by atoms with E-state index in [1.165, 1.54) is 43.5 Å². The van der Waals surface area contributed by atoms with Gasteiger partial charge in [-0.15, -0.1) is 0 Å². The molecule has 2 fully saturated rings. The number of hydrogen-bond donors (Lipinski definition) is 3. The van der Waals surface area contributed by atoms with E-state index in [-0.39, 0.29) is 18.0 Å². The number of likely N-dealkylation sites (tertiary alicyclic amines) is 1. The Kier molecular flexibility index (Phi) is 10.4. The maximum Gasteiger partial charge on any atom is 0.275 e. The number of carbonyl (C=O) groups is 2. The fourth-order valence-electron chi connectivity index (χ4n) is 3.61. The average Bonchev–Trinajstić information content (AvgIpc) is 3.56. The fourth-order valence-corrected chi connectivity index (χ4v) is 12.4. The second-order valence-electron chi connectivity index (χ2n) is 8.43. The summed E-state index contributed by atoms with van der Waals surface area (Å²) >= 11 is -1.16. The van der Waals surface area contributed by atoms with E-state index < -0.39 is 18.8 Å². The molecule has 182 valence electrons. The molecule has 0 aromatic carbocycles. The first-order valence-corrected chi connectivity index (χ1v) is 18.8. The van der Waals surface area contributed by atoms with Crippen LogP contribution in [0.25, 0.3) is 0 Å². The number of aromatic nitrogens is 4. The van der Waals surface area contributed by atoms with E-state index in [1.807, 2.05) is 19.9 Å². The topological polar surface area (TPSA) is 117 Å². The van der Waals surface area contributed by atoms with Gasteiger partial charge >= 0.3 is 89.8 Å². The quantitative estimate of drug-likeness (QED) is 0.336. The number of nitrogens with zero attached hydrogens (tertiary/aromatic N) is 4. The molecule has 0 saturated carbocycles. The number of aryl methyl sites for hydroxylation is 1. The molecule has 0 atom stereocenters. The van der Waals surface area contributed by atoms with Crippen molar-refractivity contribution in [2.24, 2.45) is 7.05 Å². The van der Waals surface area contributed by atoms with Gasteiger partial charge in [0.1, 0.15) is 11.5 Å². The molecular formula is C21H34N7O3SSb. The van der Waals surface area contributed by atoms with Crippen LogP contribution in [0.5, 0.6) is 0 Å². The van der Waals surface area contributed by atoms with Crippen LogP contribution in [0.15, 0.2) is 18.3 Å². The zero-order valence-electron chi connectivity index (χ0n) is 19.5. The Morgan fingerprint density at radius 1 is 1.24 bits per heavy atom. The summed E-state index contributed by atoms with van der Waals surface area (Å²) in [6, 6.07) is 3.73. The van der Waals surface area contributed by atoms with E-state index in [1.54, 1.807) is 24.0 Å². The molecule has 12 heteroatoms. The average molecular weight is 586 g/mol. The van der Waals surface area contributed by atoms with Gasteiger partial charge in [-0.25, -0.2) is 0 Å². The molecule has 4 rings (SSSR count). The largest absolute Gasteiger partial charge is 0.306 e. The summed E-state index contributed by atoms with van der Waals surface area (Å²) in [6.07, 6.45) is 6.53. The van der Waals surface area contributed by atoms with Gasteiger partial charge in [-0.1, -0.05) is 0 Å². The van der Waals surface area contributed by atoms with E-state index in [4.69, 9.17) is 4.18 Å². The number of anilines is 1. The molecule has 2 amide bonds. The van der Waals surface area contributed by atoms with Crippen LogP contribution in [-0.2, 0) is 17.8 Å². The Labute approximate surface area is 205 Å². The van der Waals surface area contributed by atoms with Crippen molar-refractivity contribution in [1.29, 1.82) is 0 Å². The van der Waals surface area contributed by atoms with Gasteiger partial charge in [0.15, 0.2) is 0 Å². The summed E-state index contributed by atoms with van der Waals surface area (Å²) in [4.78, 5) is 25.6. The summed E-state index contributed by atoms with van der Waals surface area (Å²) in [6.45, 7) is 6.91. The Hall–Kier alpha value is -1.71. The molecule has 2 aromatic rings. The molecule has 0 aliphatic carbocycles. The Morgan fingerprint density at radius 3 is 2.61 bits per heavy atom. The van der Waals surface area contributed by atoms with Gasteiger partial charge in [0.05, 0.1) is 11.9 Å². The van der Waals surface area contributed by atoms with E-state index in [2.05, 4.69) is 30.8 Å². The van der Waals surface area contributed by atoms with E-state index in [0.29, 0.717) is 11.5 Å². The predicted octanol–water partition coefficient (Wildman–Crippen LogP) is 3.55. The standard InChI is InChI=1S/C13H18N6O.C4H9NO2S.C4H8.Sb/c1-18-11(13(20)15-12-4-5-14-16-12)8-10(17-18)9-19-6-2-3-7-19;1-3(2)5-4(6)7-8;1-3-4-2;/h4-5,8H,2-3,6-7,9H2,1H3,(H2,14,15,16,20);3,8H,1-2H3,(H,5,6);1-4H2;/q;;;+1/p-1.